The standard InChI is InChI=1S/C7H11F3.C5H8Cl2/c1-2-5-3-6(4-5)7(8,9)10;1-4-2-5(6,7)3-4/h5-6H,2-4H2,1H3;4H,2-3H2,1H3. The molecule has 0 aromatic heterocycles. The lowest BCUT2D eigenvalue weighted by atomic mass is 9.73. The molecule has 0 saturated heterocycles. The summed E-state index contributed by atoms with van der Waals surface area (Å²) in [5.41, 5.74) is 0. The Morgan fingerprint density at radius 3 is 1.82 bits per heavy atom. The molecule has 5 heteroatoms. The van der Waals surface area contributed by atoms with Crippen molar-refractivity contribution in [2.45, 2.75) is 56.5 Å². The van der Waals surface area contributed by atoms with Gasteiger partial charge in [0.05, 0.1) is 5.92 Å². The van der Waals surface area contributed by atoms with E-state index in [-0.39, 0.29) is 4.33 Å². The van der Waals surface area contributed by atoms with Gasteiger partial charge in [-0.3, -0.25) is 0 Å². The monoisotopic (exact) mass is 290 g/mol. The van der Waals surface area contributed by atoms with Gasteiger partial charge < -0.3 is 0 Å². The van der Waals surface area contributed by atoms with Crippen LogP contribution in [0.1, 0.15) is 46.0 Å². The highest BCUT2D eigenvalue weighted by Crippen LogP contribution is 2.46. The third-order valence-electron chi connectivity index (χ3n) is 3.57. The maximum absolute atomic E-state index is 11.8. The van der Waals surface area contributed by atoms with Crippen LogP contribution in [0.3, 0.4) is 0 Å². The maximum atomic E-state index is 11.8. The van der Waals surface area contributed by atoms with Crippen LogP contribution in [-0.4, -0.2) is 10.5 Å². The molecule has 0 spiro atoms. The van der Waals surface area contributed by atoms with Crippen molar-refractivity contribution in [1.29, 1.82) is 0 Å². The van der Waals surface area contributed by atoms with Crippen LogP contribution in [0, 0.1) is 17.8 Å². The van der Waals surface area contributed by atoms with Gasteiger partial charge in [-0.25, -0.2) is 0 Å². The molecule has 0 radical (unpaired) electrons. The van der Waals surface area contributed by atoms with E-state index in [0.717, 1.165) is 25.2 Å². The number of halogens is 5. The minimum atomic E-state index is -3.92. The average molecular weight is 291 g/mol. The van der Waals surface area contributed by atoms with Gasteiger partial charge in [-0.15, -0.1) is 23.2 Å². The Kier molecular flexibility index (Phi) is 5.05. The smallest absolute Gasteiger partial charge is 0.171 e. The molecule has 0 atom stereocenters. The molecule has 0 amide bonds. The van der Waals surface area contributed by atoms with Crippen LogP contribution in [0.4, 0.5) is 13.2 Å². The molecule has 0 unspecified atom stereocenters. The van der Waals surface area contributed by atoms with E-state index >= 15 is 0 Å². The minimum Gasteiger partial charge on any atom is -0.171 e. The second-order valence-corrected chi connectivity index (χ2v) is 6.99. The van der Waals surface area contributed by atoms with Crippen LogP contribution in [0.5, 0.6) is 0 Å². The Bertz CT molecular complexity index is 237. The predicted octanol–water partition coefficient (Wildman–Crippen LogP) is 5.58. The van der Waals surface area contributed by atoms with Gasteiger partial charge in [-0.2, -0.15) is 13.2 Å². The SMILES string of the molecule is CC1CC(Cl)(Cl)C1.CCC1CC(C(F)(F)F)C1. The van der Waals surface area contributed by atoms with Crippen LogP contribution >= 0.6 is 23.2 Å². The van der Waals surface area contributed by atoms with E-state index in [2.05, 4.69) is 6.92 Å². The third-order valence-corrected chi connectivity index (χ3v) is 4.19. The number of alkyl halides is 5. The highest BCUT2D eigenvalue weighted by molar-refractivity contribution is 6.48. The summed E-state index contributed by atoms with van der Waals surface area (Å²) in [6.45, 7) is 4.10. The molecule has 0 bridgehead atoms. The Labute approximate surface area is 111 Å². The van der Waals surface area contributed by atoms with Gasteiger partial charge in [0, 0.05) is 0 Å². The fourth-order valence-corrected chi connectivity index (χ4v) is 3.35. The first-order valence-corrected chi connectivity index (χ1v) is 6.84. The summed E-state index contributed by atoms with van der Waals surface area (Å²) in [6.07, 6.45) is -0.371. The van der Waals surface area contributed by atoms with Gasteiger partial charge in [0.2, 0.25) is 0 Å². The second kappa shape index (κ2) is 5.56. The molecule has 2 rings (SSSR count). The topological polar surface area (TPSA) is 0 Å². The largest absolute Gasteiger partial charge is 0.391 e. The predicted molar refractivity (Wildman–Crippen MR) is 65.4 cm³/mol. The summed E-state index contributed by atoms with van der Waals surface area (Å²) in [5.74, 6) is 0.0964. The molecule has 2 saturated carbocycles. The van der Waals surface area contributed by atoms with E-state index in [9.17, 15) is 13.2 Å². The van der Waals surface area contributed by atoms with Crippen molar-refractivity contribution in [1.82, 2.24) is 0 Å². The fourth-order valence-electron chi connectivity index (χ4n) is 2.30. The van der Waals surface area contributed by atoms with Gasteiger partial charge >= 0.3 is 6.18 Å². The molecule has 0 nitrogen and oxygen atoms in total. The Hall–Kier alpha value is 0.370. The molecule has 102 valence electrons. The number of hydrogen-bond donors (Lipinski definition) is 0. The zero-order valence-corrected chi connectivity index (χ0v) is 11.7. The molecular weight excluding hydrogens is 272 g/mol. The molecule has 17 heavy (non-hydrogen) atoms. The first-order valence-electron chi connectivity index (χ1n) is 6.08. The van der Waals surface area contributed by atoms with Crippen LogP contribution < -0.4 is 0 Å². The molecular formula is C12H19Cl2F3. The summed E-state index contributed by atoms with van der Waals surface area (Å²) >= 11 is 11.3. The molecule has 0 aliphatic heterocycles. The molecule has 0 N–H and O–H groups in total. The summed E-state index contributed by atoms with van der Waals surface area (Å²) < 4.78 is 35.1. The molecule has 2 fully saturated rings. The van der Waals surface area contributed by atoms with Crippen molar-refractivity contribution in [2.75, 3.05) is 0 Å². The van der Waals surface area contributed by atoms with Crippen LogP contribution in [0.15, 0.2) is 0 Å². The lowest BCUT2D eigenvalue weighted by Gasteiger charge is -2.35. The van der Waals surface area contributed by atoms with Gasteiger partial charge in [-0.05, 0) is 37.5 Å². The van der Waals surface area contributed by atoms with Crippen molar-refractivity contribution >= 4 is 23.2 Å². The summed E-state index contributed by atoms with van der Waals surface area (Å²) in [5, 5.41) is 0. The van der Waals surface area contributed by atoms with Crippen molar-refractivity contribution in [2.24, 2.45) is 17.8 Å². The lowest BCUT2D eigenvalue weighted by Crippen LogP contribution is -2.35. The lowest BCUT2D eigenvalue weighted by molar-refractivity contribution is -0.204. The summed E-state index contributed by atoms with van der Waals surface area (Å²) in [4.78, 5) is 0. The molecule has 0 aromatic carbocycles. The van der Waals surface area contributed by atoms with Gasteiger partial charge in [0.1, 0.15) is 4.33 Å². The Morgan fingerprint density at radius 1 is 1.18 bits per heavy atom. The molecule has 0 heterocycles. The second-order valence-electron chi connectivity index (χ2n) is 5.35. The van der Waals surface area contributed by atoms with Crippen molar-refractivity contribution in [3.63, 3.8) is 0 Å². The van der Waals surface area contributed by atoms with Crippen molar-refractivity contribution in [3.8, 4) is 0 Å². The number of rotatable bonds is 1. The summed E-state index contributed by atoms with van der Waals surface area (Å²) in [7, 11) is 0. The van der Waals surface area contributed by atoms with E-state index in [0.29, 0.717) is 18.8 Å². The van der Waals surface area contributed by atoms with Crippen molar-refractivity contribution < 1.29 is 13.2 Å². The third kappa shape index (κ3) is 4.86. The maximum Gasteiger partial charge on any atom is 0.391 e. The van der Waals surface area contributed by atoms with Crippen LogP contribution in [0.2, 0.25) is 0 Å². The van der Waals surface area contributed by atoms with Gasteiger partial charge in [0.15, 0.2) is 0 Å². The van der Waals surface area contributed by atoms with E-state index in [1.807, 2.05) is 6.92 Å². The zero-order chi connectivity index (χ0) is 13.3. The fraction of sp³-hybridized carbons (Fsp3) is 1.00. The quantitative estimate of drug-likeness (QED) is 0.554. The normalized spacial score (nSPS) is 31.9. The van der Waals surface area contributed by atoms with Crippen LogP contribution in [0.25, 0.3) is 0 Å². The highest BCUT2D eigenvalue weighted by atomic mass is 35.5. The first-order chi connectivity index (χ1) is 7.64. The van der Waals surface area contributed by atoms with Gasteiger partial charge in [0.25, 0.3) is 0 Å². The van der Waals surface area contributed by atoms with Crippen molar-refractivity contribution in [3.05, 3.63) is 0 Å². The average Bonchev–Trinajstić information content (AvgIpc) is 1.96. The number of hydrogen-bond acceptors (Lipinski definition) is 0. The van der Waals surface area contributed by atoms with Crippen LogP contribution in [-0.2, 0) is 0 Å². The van der Waals surface area contributed by atoms with E-state index in [1.165, 1.54) is 0 Å². The molecule has 2 aliphatic rings. The van der Waals surface area contributed by atoms with E-state index in [4.69, 9.17) is 23.2 Å². The minimum absolute atomic E-state index is 0.339. The van der Waals surface area contributed by atoms with Gasteiger partial charge in [-0.1, -0.05) is 20.3 Å². The van der Waals surface area contributed by atoms with E-state index in [1.54, 1.807) is 0 Å². The Balaban J connectivity index is 0.000000181. The zero-order valence-electron chi connectivity index (χ0n) is 10.2. The first kappa shape index (κ1) is 15.4. The Morgan fingerprint density at radius 2 is 1.65 bits per heavy atom. The highest BCUT2D eigenvalue weighted by Gasteiger charge is 2.46. The summed E-state index contributed by atoms with van der Waals surface area (Å²) in [6, 6.07) is 0. The molecule has 2 aliphatic carbocycles. The molecule has 0 aromatic rings. The van der Waals surface area contributed by atoms with E-state index < -0.39 is 12.1 Å².